The Morgan fingerprint density at radius 3 is 2.16 bits per heavy atom. The molecule has 4 aliphatic carbocycles. The maximum absolute atomic E-state index is 14.5. The van der Waals surface area contributed by atoms with E-state index >= 15 is 0 Å². The van der Waals surface area contributed by atoms with E-state index in [0.717, 1.165) is 24.8 Å². The van der Waals surface area contributed by atoms with E-state index in [1.54, 1.807) is 6.92 Å². The minimum atomic E-state index is -1.63. The van der Waals surface area contributed by atoms with Crippen molar-refractivity contribution in [2.24, 2.45) is 33.5 Å². The Labute approximate surface area is 323 Å². The van der Waals surface area contributed by atoms with Crippen molar-refractivity contribution in [3.8, 4) is 0 Å². The number of aliphatic hydroxyl groups excluding tert-OH is 6. The Bertz CT molecular complexity index is 1570. The lowest BCUT2D eigenvalue weighted by atomic mass is 9.40. The third-order valence-electron chi connectivity index (χ3n) is 16.7. The number of ether oxygens (including phenoxy) is 6. The van der Waals surface area contributed by atoms with E-state index in [2.05, 4.69) is 27.7 Å². The largest absolute Gasteiger partial charge is 0.453 e. The van der Waals surface area contributed by atoms with Gasteiger partial charge in [-0.2, -0.15) is 0 Å². The zero-order valence-electron chi connectivity index (χ0n) is 33.5. The van der Waals surface area contributed by atoms with Crippen LogP contribution in [-0.4, -0.2) is 139 Å². The molecule has 19 atom stereocenters. The van der Waals surface area contributed by atoms with E-state index in [-0.39, 0.29) is 23.9 Å². The molecule has 0 aromatic carbocycles. The normalized spacial score (nSPS) is 56.9. The summed E-state index contributed by atoms with van der Waals surface area (Å²) in [5.74, 6) is -0.550. The van der Waals surface area contributed by atoms with Crippen molar-refractivity contribution in [1.29, 1.82) is 0 Å². The fraction of sp³-hybridized carbons (Fsp3) is 0.927. The third-order valence-corrected chi connectivity index (χ3v) is 16.7. The number of cyclic esters (lactones) is 1. The van der Waals surface area contributed by atoms with Gasteiger partial charge in [0.05, 0.1) is 30.5 Å². The number of carbonyl (C=O) groups excluding carboxylic acids is 1. The highest BCUT2D eigenvalue weighted by atomic mass is 16.8. The number of hydrogen-bond acceptors (Lipinski definition) is 14. The van der Waals surface area contributed by atoms with Crippen LogP contribution in [0.2, 0.25) is 0 Å². The zero-order chi connectivity index (χ0) is 40.1. The molecule has 0 bridgehead atoms. The van der Waals surface area contributed by atoms with E-state index in [0.29, 0.717) is 32.1 Å². The molecule has 8 rings (SSSR count). The predicted octanol–water partition coefficient (Wildman–Crippen LogP) is 1.61. The first-order valence-corrected chi connectivity index (χ1v) is 20.5. The Morgan fingerprint density at radius 1 is 0.782 bits per heavy atom. The van der Waals surface area contributed by atoms with Crippen LogP contribution in [0.5, 0.6) is 0 Å². The monoisotopic (exact) mass is 780 g/mol. The van der Waals surface area contributed by atoms with Crippen molar-refractivity contribution in [2.75, 3.05) is 6.61 Å². The first kappa shape index (κ1) is 40.5. The third kappa shape index (κ3) is 5.25. The molecule has 1 spiro atoms. The van der Waals surface area contributed by atoms with Crippen LogP contribution in [0.1, 0.15) is 107 Å². The van der Waals surface area contributed by atoms with Crippen LogP contribution in [0, 0.1) is 33.5 Å². The van der Waals surface area contributed by atoms with Gasteiger partial charge in [0, 0.05) is 0 Å². The smallest absolute Gasteiger partial charge is 0.319 e. The molecular weight excluding hydrogens is 716 g/mol. The van der Waals surface area contributed by atoms with Crippen LogP contribution in [0.25, 0.3) is 0 Å². The number of esters is 1. The minimum Gasteiger partial charge on any atom is -0.453 e. The van der Waals surface area contributed by atoms with Crippen molar-refractivity contribution in [2.45, 2.75) is 197 Å². The molecule has 0 radical (unpaired) electrons. The molecule has 3 saturated carbocycles. The van der Waals surface area contributed by atoms with Crippen LogP contribution < -0.4 is 0 Å². The molecule has 7 N–H and O–H groups in total. The molecule has 4 saturated heterocycles. The molecule has 14 nitrogen and oxygen atoms in total. The molecule has 312 valence electrons. The maximum atomic E-state index is 14.5. The van der Waals surface area contributed by atoms with Crippen LogP contribution in [-0.2, 0) is 33.2 Å². The number of allylic oxidation sites excluding steroid dienone is 1. The van der Waals surface area contributed by atoms with E-state index < -0.39 is 113 Å². The number of carbonyl (C=O) groups is 1. The van der Waals surface area contributed by atoms with Gasteiger partial charge in [0.1, 0.15) is 53.7 Å². The van der Waals surface area contributed by atoms with Gasteiger partial charge in [0.25, 0.3) is 0 Å². The second-order valence-electron chi connectivity index (χ2n) is 20.2. The highest BCUT2D eigenvalue weighted by Gasteiger charge is 2.87. The van der Waals surface area contributed by atoms with Crippen molar-refractivity contribution < 1.29 is 69.0 Å². The number of rotatable bonds is 5. The van der Waals surface area contributed by atoms with E-state index in [9.17, 15) is 40.5 Å². The minimum absolute atomic E-state index is 0.0701. The van der Waals surface area contributed by atoms with Gasteiger partial charge in [-0.3, -0.25) is 4.79 Å². The summed E-state index contributed by atoms with van der Waals surface area (Å²) in [6.07, 6.45) is -7.20. The number of hydrogen-bond donors (Lipinski definition) is 7. The van der Waals surface area contributed by atoms with Crippen LogP contribution in [0.3, 0.4) is 0 Å². The number of aliphatic hydroxyl groups is 7. The molecule has 55 heavy (non-hydrogen) atoms. The summed E-state index contributed by atoms with van der Waals surface area (Å²) < 4.78 is 37.0. The van der Waals surface area contributed by atoms with Gasteiger partial charge in [-0.15, -0.1) is 0 Å². The van der Waals surface area contributed by atoms with E-state index in [4.69, 9.17) is 28.4 Å². The average molecular weight is 781 g/mol. The Balaban J connectivity index is 1.06. The maximum Gasteiger partial charge on any atom is 0.319 e. The zero-order valence-corrected chi connectivity index (χ0v) is 33.5. The summed E-state index contributed by atoms with van der Waals surface area (Å²) in [5.41, 5.74) is -5.41. The summed E-state index contributed by atoms with van der Waals surface area (Å²) in [5, 5.41) is 78.2. The lowest BCUT2D eigenvalue weighted by molar-refractivity contribution is -0.363. The Morgan fingerprint density at radius 2 is 1.49 bits per heavy atom. The molecule has 0 aromatic rings. The Kier molecular flexibility index (Phi) is 9.47. The average Bonchev–Trinajstić information content (AvgIpc) is 3.68. The Hall–Kier alpha value is -1.27. The lowest BCUT2D eigenvalue weighted by Crippen LogP contribution is -2.69. The summed E-state index contributed by atoms with van der Waals surface area (Å²) in [7, 11) is 0. The van der Waals surface area contributed by atoms with E-state index in [1.807, 2.05) is 19.9 Å². The molecule has 19 unspecified atom stereocenters. The van der Waals surface area contributed by atoms with E-state index in [1.165, 1.54) is 6.92 Å². The van der Waals surface area contributed by atoms with Gasteiger partial charge in [0.15, 0.2) is 18.2 Å². The highest BCUT2D eigenvalue weighted by Crippen LogP contribution is 2.77. The fourth-order valence-corrected chi connectivity index (χ4v) is 13.5. The SMILES string of the molecule is CC1OC(OC2C(OC3CCC4(C)C5=CC(O)C67C(=O)OC(C)(C8CCC(C)(C)O8)C6(O)CCC7(C)C5CCC4C3(C)C)OCC(O)C2O)C(O)C(O)C1O. The molecule has 0 amide bonds. The summed E-state index contributed by atoms with van der Waals surface area (Å²) in [6.45, 7) is 15.8. The van der Waals surface area contributed by atoms with Crippen molar-refractivity contribution in [1.82, 2.24) is 0 Å². The van der Waals surface area contributed by atoms with Crippen molar-refractivity contribution >= 4 is 5.97 Å². The molecular formula is C41H64O14. The van der Waals surface area contributed by atoms with Gasteiger partial charge in [-0.1, -0.05) is 39.3 Å². The molecule has 4 aliphatic heterocycles. The van der Waals surface area contributed by atoms with Gasteiger partial charge in [-0.25, -0.2) is 0 Å². The van der Waals surface area contributed by atoms with Gasteiger partial charge >= 0.3 is 5.97 Å². The molecule has 4 heterocycles. The van der Waals surface area contributed by atoms with Gasteiger partial charge in [-0.05, 0) is 107 Å². The van der Waals surface area contributed by atoms with Gasteiger partial charge in [0.2, 0.25) is 0 Å². The number of fused-ring (bicyclic) bond motifs is 4. The summed E-state index contributed by atoms with van der Waals surface area (Å²) in [4.78, 5) is 14.5. The van der Waals surface area contributed by atoms with Crippen LogP contribution in [0.4, 0.5) is 0 Å². The fourth-order valence-electron chi connectivity index (χ4n) is 13.5. The van der Waals surface area contributed by atoms with Crippen LogP contribution >= 0.6 is 0 Å². The predicted molar refractivity (Wildman–Crippen MR) is 193 cm³/mol. The first-order valence-electron chi connectivity index (χ1n) is 20.5. The highest BCUT2D eigenvalue weighted by molar-refractivity contribution is 5.86. The lowest BCUT2D eigenvalue weighted by Gasteiger charge is -2.64. The molecule has 14 heteroatoms. The van der Waals surface area contributed by atoms with Gasteiger partial charge < -0.3 is 64.2 Å². The molecule has 7 fully saturated rings. The molecule has 8 aliphatic rings. The second kappa shape index (κ2) is 12.9. The summed E-state index contributed by atoms with van der Waals surface area (Å²) in [6, 6.07) is 0. The quantitative estimate of drug-likeness (QED) is 0.120. The first-order chi connectivity index (χ1) is 25.5. The van der Waals surface area contributed by atoms with Crippen molar-refractivity contribution in [3.05, 3.63) is 11.6 Å². The standard InChI is InChI=1S/C41H64O14/c1-19-27(44)29(46)30(47)32(51-19)53-31-28(45)22(42)18-50-33(31)52-25-12-14-37(6)21-17-24(43)41-34(48)55-39(8,26-11-13-35(2,3)54-26)40(41,49)16-15-38(41,7)20(21)9-10-23(37)36(25,4)5/h17,19-20,22-33,42-47,49H,9-16,18H2,1-8H3. The second-order valence-corrected chi connectivity index (χ2v) is 20.2. The van der Waals surface area contributed by atoms with Crippen LogP contribution in [0.15, 0.2) is 11.6 Å². The summed E-state index contributed by atoms with van der Waals surface area (Å²) >= 11 is 0. The topological polar surface area (TPSA) is 214 Å². The molecule has 0 aromatic heterocycles. The van der Waals surface area contributed by atoms with Crippen molar-refractivity contribution in [3.63, 3.8) is 0 Å².